The van der Waals surface area contributed by atoms with Crippen molar-refractivity contribution in [2.75, 3.05) is 6.61 Å². The van der Waals surface area contributed by atoms with Crippen LogP contribution >= 0.6 is 0 Å². The average Bonchev–Trinajstić information content (AvgIpc) is 2.19. The molecular formula is C11H18O3. The van der Waals surface area contributed by atoms with E-state index in [1.54, 1.807) is 0 Å². The number of carboxylic acid groups (broad SMARTS) is 1. The molecule has 1 aliphatic carbocycles. The van der Waals surface area contributed by atoms with Gasteiger partial charge in [0.1, 0.15) is 0 Å². The lowest BCUT2D eigenvalue weighted by Gasteiger charge is -2.21. The summed E-state index contributed by atoms with van der Waals surface area (Å²) in [7, 11) is 0. The highest BCUT2D eigenvalue weighted by atomic mass is 16.5. The first-order chi connectivity index (χ1) is 6.75. The standard InChI is InChI=1S/C11H18O3/c1-2-14-8-10(11(12)13)9-6-4-3-5-7-9/h8-9H,2-7H2,1H3,(H,12,13). The van der Waals surface area contributed by atoms with Crippen LogP contribution in [-0.4, -0.2) is 17.7 Å². The van der Waals surface area contributed by atoms with Crippen molar-refractivity contribution >= 4 is 5.97 Å². The van der Waals surface area contributed by atoms with E-state index in [0.717, 1.165) is 25.7 Å². The second-order valence-electron chi connectivity index (χ2n) is 3.67. The predicted octanol–water partition coefficient (Wildman–Crippen LogP) is 2.57. The molecule has 1 N–H and O–H groups in total. The van der Waals surface area contributed by atoms with Gasteiger partial charge in [-0.15, -0.1) is 0 Å². The van der Waals surface area contributed by atoms with E-state index in [4.69, 9.17) is 9.84 Å². The maximum atomic E-state index is 11.0. The molecule has 1 fully saturated rings. The molecule has 0 radical (unpaired) electrons. The van der Waals surface area contributed by atoms with Crippen molar-refractivity contribution in [2.24, 2.45) is 5.92 Å². The largest absolute Gasteiger partial charge is 0.501 e. The molecule has 1 saturated carbocycles. The van der Waals surface area contributed by atoms with E-state index in [9.17, 15) is 4.79 Å². The van der Waals surface area contributed by atoms with Gasteiger partial charge in [0.05, 0.1) is 18.4 Å². The van der Waals surface area contributed by atoms with Crippen LogP contribution in [0, 0.1) is 5.92 Å². The minimum Gasteiger partial charge on any atom is -0.501 e. The summed E-state index contributed by atoms with van der Waals surface area (Å²) in [5.41, 5.74) is 0.451. The van der Waals surface area contributed by atoms with Gasteiger partial charge in [-0.3, -0.25) is 0 Å². The van der Waals surface area contributed by atoms with Crippen molar-refractivity contribution in [1.29, 1.82) is 0 Å². The number of aliphatic carboxylic acids is 1. The van der Waals surface area contributed by atoms with Gasteiger partial charge in [0.2, 0.25) is 0 Å². The van der Waals surface area contributed by atoms with Crippen molar-refractivity contribution in [3.05, 3.63) is 11.8 Å². The van der Waals surface area contributed by atoms with Gasteiger partial charge in [-0.1, -0.05) is 19.3 Å². The summed E-state index contributed by atoms with van der Waals surface area (Å²) in [6, 6.07) is 0. The van der Waals surface area contributed by atoms with Crippen molar-refractivity contribution < 1.29 is 14.6 Å². The molecule has 14 heavy (non-hydrogen) atoms. The minimum absolute atomic E-state index is 0.202. The molecule has 0 aromatic rings. The van der Waals surface area contributed by atoms with E-state index in [-0.39, 0.29) is 5.92 Å². The third-order valence-electron chi connectivity index (χ3n) is 2.67. The van der Waals surface area contributed by atoms with Gasteiger partial charge in [0, 0.05) is 0 Å². The smallest absolute Gasteiger partial charge is 0.334 e. The molecule has 0 heterocycles. The summed E-state index contributed by atoms with van der Waals surface area (Å²) in [6.07, 6.45) is 6.93. The highest BCUT2D eigenvalue weighted by Crippen LogP contribution is 2.29. The Morgan fingerprint density at radius 1 is 1.43 bits per heavy atom. The van der Waals surface area contributed by atoms with Crippen LogP contribution < -0.4 is 0 Å². The van der Waals surface area contributed by atoms with Crippen LogP contribution in [0.5, 0.6) is 0 Å². The Labute approximate surface area is 84.8 Å². The molecule has 0 bridgehead atoms. The normalized spacial score (nSPS) is 19.4. The first-order valence-electron chi connectivity index (χ1n) is 5.30. The Morgan fingerprint density at radius 3 is 2.57 bits per heavy atom. The van der Waals surface area contributed by atoms with E-state index in [2.05, 4.69) is 0 Å². The second kappa shape index (κ2) is 5.68. The number of ether oxygens (including phenoxy) is 1. The van der Waals surface area contributed by atoms with Gasteiger partial charge in [0.25, 0.3) is 0 Å². The molecule has 80 valence electrons. The fraction of sp³-hybridized carbons (Fsp3) is 0.727. The molecule has 0 unspecified atom stereocenters. The van der Waals surface area contributed by atoms with Gasteiger partial charge in [0.15, 0.2) is 0 Å². The van der Waals surface area contributed by atoms with Crippen LogP contribution in [0.1, 0.15) is 39.0 Å². The number of carbonyl (C=O) groups is 1. The van der Waals surface area contributed by atoms with Crippen LogP contribution in [0.3, 0.4) is 0 Å². The SMILES string of the molecule is CCOC=C(C(=O)O)C1CCCCC1. The maximum absolute atomic E-state index is 11.0. The van der Waals surface area contributed by atoms with Crippen LogP contribution in [0.2, 0.25) is 0 Å². The predicted molar refractivity (Wildman–Crippen MR) is 53.9 cm³/mol. The van der Waals surface area contributed by atoms with E-state index >= 15 is 0 Å². The van der Waals surface area contributed by atoms with Crippen LogP contribution in [0.15, 0.2) is 11.8 Å². The van der Waals surface area contributed by atoms with E-state index < -0.39 is 5.97 Å². The maximum Gasteiger partial charge on any atom is 0.334 e. The quantitative estimate of drug-likeness (QED) is 0.558. The molecule has 0 amide bonds. The monoisotopic (exact) mass is 198 g/mol. The molecule has 0 saturated heterocycles. The second-order valence-corrected chi connectivity index (χ2v) is 3.67. The Bertz CT molecular complexity index is 215. The molecule has 1 rings (SSSR count). The lowest BCUT2D eigenvalue weighted by atomic mass is 9.84. The van der Waals surface area contributed by atoms with Gasteiger partial charge in [-0.25, -0.2) is 4.79 Å². The molecule has 0 aliphatic heterocycles. The number of hydrogen-bond donors (Lipinski definition) is 1. The zero-order chi connectivity index (χ0) is 10.4. The molecular weight excluding hydrogens is 180 g/mol. The summed E-state index contributed by atoms with van der Waals surface area (Å²) < 4.78 is 5.07. The first-order valence-corrected chi connectivity index (χ1v) is 5.30. The van der Waals surface area contributed by atoms with Gasteiger partial charge in [-0.2, -0.15) is 0 Å². The lowest BCUT2D eigenvalue weighted by molar-refractivity contribution is -0.133. The fourth-order valence-corrected chi connectivity index (χ4v) is 1.91. The van der Waals surface area contributed by atoms with Crippen LogP contribution in [0.25, 0.3) is 0 Å². The van der Waals surface area contributed by atoms with Gasteiger partial charge in [-0.05, 0) is 25.7 Å². The molecule has 3 heteroatoms. The average molecular weight is 198 g/mol. The van der Waals surface area contributed by atoms with Crippen molar-refractivity contribution in [1.82, 2.24) is 0 Å². The molecule has 0 atom stereocenters. The molecule has 0 spiro atoms. The van der Waals surface area contributed by atoms with Gasteiger partial charge >= 0.3 is 5.97 Å². The van der Waals surface area contributed by atoms with E-state index in [0.29, 0.717) is 12.2 Å². The topological polar surface area (TPSA) is 46.5 Å². The lowest BCUT2D eigenvalue weighted by Crippen LogP contribution is -2.16. The fourth-order valence-electron chi connectivity index (χ4n) is 1.91. The van der Waals surface area contributed by atoms with E-state index in [1.807, 2.05) is 6.92 Å². The van der Waals surface area contributed by atoms with Crippen molar-refractivity contribution in [2.45, 2.75) is 39.0 Å². The Morgan fingerprint density at radius 2 is 2.07 bits per heavy atom. The summed E-state index contributed by atoms with van der Waals surface area (Å²) >= 11 is 0. The third-order valence-corrected chi connectivity index (χ3v) is 2.67. The highest BCUT2D eigenvalue weighted by molar-refractivity contribution is 5.86. The van der Waals surface area contributed by atoms with Crippen LogP contribution in [0.4, 0.5) is 0 Å². The summed E-state index contributed by atoms with van der Waals surface area (Å²) in [5, 5.41) is 9.00. The minimum atomic E-state index is -0.828. The molecule has 0 aromatic heterocycles. The van der Waals surface area contributed by atoms with Gasteiger partial charge < -0.3 is 9.84 Å². The highest BCUT2D eigenvalue weighted by Gasteiger charge is 2.22. The molecule has 1 aliphatic rings. The first kappa shape index (κ1) is 11.1. The summed E-state index contributed by atoms with van der Waals surface area (Å²) in [6.45, 7) is 2.39. The Balaban J connectivity index is 2.60. The van der Waals surface area contributed by atoms with E-state index in [1.165, 1.54) is 12.7 Å². The zero-order valence-electron chi connectivity index (χ0n) is 8.66. The Hall–Kier alpha value is -0.990. The number of carboxylic acids is 1. The zero-order valence-corrected chi connectivity index (χ0v) is 8.66. The number of hydrogen-bond acceptors (Lipinski definition) is 2. The Kier molecular flexibility index (Phi) is 4.50. The molecule has 3 nitrogen and oxygen atoms in total. The van der Waals surface area contributed by atoms with Crippen molar-refractivity contribution in [3.63, 3.8) is 0 Å². The summed E-state index contributed by atoms with van der Waals surface area (Å²) in [5.74, 6) is -0.627. The van der Waals surface area contributed by atoms with Crippen molar-refractivity contribution in [3.8, 4) is 0 Å². The van der Waals surface area contributed by atoms with Crippen LogP contribution in [-0.2, 0) is 9.53 Å². The third kappa shape index (κ3) is 3.05. The number of rotatable bonds is 4. The summed E-state index contributed by atoms with van der Waals surface area (Å²) in [4.78, 5) is 11.0. The molecule has 0 aromatic carbocycles.